The van der Waals surface area contributed by atoms with E-state index in [0.29, 0.717) is 6.04 Å². The van der Waals surface area contributed by atoms with Crippen molar-refractivity contribution in [3.05, 3.63) is 11.1 Å². The topological polar surface area (TPSA) is 12.0 Å². The average molecular weight is 260 g/mol. The van der Waals surface area contributed by atoms with E-state index in [9.17, 15) is 0 Å². The van der Waals surface area contributed by atoms with Gasteiger partial charge in [-0.15, -0.1) is 0 Å². The minimum atomic E-state index is 0.630. The summed E-state index contributed by atoms with van der Waals surface area (Å²) in [6.45, 7) is 6.98. The zero-order valence-corrected chi connectivity index (χ0v) is 10.8. The summed E-state index contributed by atoms with van der Waals surface area (Å²) in [7, 11) is 0. The summed E-state index contributed by atoms with van der Waals surface area (Å²) in [5.74, 6) is 1.02. The van der Waals surface area contributed by atoms with Gasteiger partial charge in [-0.2, -0.15) is 0 Å². The largest absolute Gasteiger partial charge is 0.310 e. The number of hydrogen-bond donors (Lipinski definition) is 1. The van der Waals surface area contributed by atoms with Crippen molar-refractivity contribution >= 4 is 15.9 Å². The molecular weight excluding hydrogens is 238 g/mol. The molecule has 1 saturated carbocycles. The molecule has 0 bridgehead atoms. The molecule has 1 rings (SSSR count). The Bertz CT molecular complexity index is 173. The van der Waals surface area contributed by atoms with Crippen molar-refractivity contribution in [2.45, 2.75) is 51.5 Å². The molecule has 0 heterocycles. The van der Waals surface area contributed by atoms with Crippen LogP contribution in [0, 0.1) is 5.92 Å². The minimum absolute atomic E-state index is 0.630. The molecule has 0 amide bonds. The number of rotatable bonds is 6. The van der Waals surface area contributed by atoms with Gasteiger partial charge >= 0.3 is 0 Å². The zero-order chi connectivity index (χ0) is 10.4. The number of nitrogens with one attached hydrogen (secondary N) is 1. The molecule has 0 spiro atoms. The Kier molecular flexibility index (Phi) is 5.80. The number of hydrogen-bond acceptors (Lipinski definition) is 1. The van der Waals surface area contributed by atoms with Crippen LogP contribution in [0.2, 0.25) is 0 Å². The fourth-order valence-electron chi connectivity index (χ4n) is 2.17. The van der Waals surface area contributed by atoms with Crippen molar-refractivity contribution in [3.8, 4) is 0 Å². The van der Waals surface area contributed by atoms with Crippen LogP contribution in [-0.2, 0) is 0 Å². The van der Waals surface area contributed by atoms with Crippen molar-refractivity contribution in [1.82, 2.24) is 5.32 Å². The molecule has 0 aromatic rings. The Morgan fingerprint density at radius 3 is 2.71 bits per heavy atom. The fraction of sp³-hybridized carbons (Fsp3) is 0.833. The second-order valence-corrected chi connectivity index (χ2v) is 5.65. The van der Waals surface area contributed by atoms with Gasteiger partial charge in [0.2, 0.25) is 0 Å². The van der Waals surface area contributed by atoms with Crippen LogP contribution in [0.4, 0.5) is 0 Å². The van der Waals surface area contributed by atoms with Crippen LogP contribution in [0.3, 0.4) is 0 Å². The lowest BCUT2D eigenvalue weighted by molar-refractivity contribution is 0.428. The number of halogens is 1. The molecule has 1 unspecified atom stereocenters. The Labute approximate surface area is 96.5 Å². The maximum atomic E-state index is 3.82. The molecule has 0 aliphatic heterocycles. The molecule has 0 aromatic heterocycles. The van der Waals surface area contributed by atoms with Gasteiger partial charge in [-0.25, -0.2) is 0 Å². The van der Waals surface area contributed by atoms with Crippen LogP contribution in [0.1, 0.15) is 45.4 Å². The first kappa shape index (κ1) is 12.3. The normalized spacial score (nSPS) is 19.9. The quantitative estimate of drug-likeness (QED) is 0.765. The molecule has 1 N–H and O–H groups in total. The molecule has 1 aliphatic carbocycles. The summed E-state index contributed by atoms with van der Waals surface area (Å²) in [6.07, 6.45) is 8.58. The van der Waals surface area contributed by atoms with Crippen molar-refractivity contribution in [3.63, 3.8) is 0 Å². The molecule has 0 radical (unpaired) electrons. The second-order valence-electron chi connectivity index (χ2n) is 4.53. The van der Waals surface area contributed by atoms with Crippen molar-refractivity contribution in [2.24, 2.45) is 5.92 Å². The van der Waals surface area contributed by atoms with Gasteiger partial charge in [0.15, 0.2) is 0 Å². The highest BCUT2D eigenvalue weighted by Gasteiger charge is 2.15. The third-order valence-corrected chi connectivity index (χ3v) is 3.41. The van der Waals surface area contributed by atoms with E-state index in [2.05, 4.69) is 34.7 Å². The van der Waals surface area contributed by atoms with Gasteiger partial charge in [-0.3, -0.25) is 0 Å². The lowest BCUT2D eigenvalue weighted by atomic mass is 9.99. The zero-order valence-electron chi connectivity index (χ0n) is 9.19. The van der Waals surface area contributed by atoms with E-state index >= 15 is 0 Å². The first-order chi connectivity index (χ1) is 6.68. The molecule has 0 aromatic carbocycles. The molecule has 1 fully saturated rings. The van der Waals surface area contributed by atoms with E-state index in [-0.39, 0.29) is 0 Å². The summed E-state index contributed by atoms with van der Waals surface area (Å²) in [5, 5.41) is 3.46. The van der Waals surface area contributed by atoms with Crippen molar-refractivity contribution < 1.29 is 0 Å². The Morgan fingerprint density at radius 1 is 1.50 bits per heavy atom. The van der Waals surface area contributed by atoms with Gasteiger partial charge in [0, 0.05) is 17.1 Å². The standard InChI is InChI=1S/C12H22BrN/c1-10(13)9-14-11(2)7-8-12-5-3-4-6-12/h11-12,14H,1,3-9H2,2H3. The average Bonchev–Trinajstić information content (AvgIpc) is 2.63. The lowest BCUT2D eigenvalue weighted by Gasteiger charge is -2.15. The van der Waals surface area contributed by atoms with E-state index < -0.39 is 0 Å². The summed E-state index contributed by atoms with van der Waals surface area (Å²) >= 11 is 3.36. The maximum Gasteiger partial charge on any atom is 0.0268 e. The third kappa shape index (κ3) is 5.16. The maximum absolute atomic E-state index is 3.82. The fourth-order valence-corrected chi connectivity index (χ4v) is 2.33. The van der Waals surface area contributed by atoms with Crippen LogP contribution >= 0.6 is 15.9 Å². The minimum Gasteiger partial charge on any atom is -0.310 e. The van der Waals surface area contributed by atoms with Crippen molar-refractivity contribution in [2.75, 3.05) is 6.54 Å². The van der Waals surface area contributed by atoms with Gasteiger partial charge in [0.1, 0.15) is 0 Å². The van der Waals surface area contributed by atoms with Crippen LogP contribution in [-0.4, -0.2) is 12.6 Å². The third-order valence-electron chi connectivity index (χ3n) is 3.13. The molecule has 1 atom stereocenters. The van der Waals surface area contributed by atoms with Gasteiger partial charge in [-0.05, 0) is 25.7 Å². The highest BCUT2D eigenvalue weighted by Crippen LogP contribution is 2.28. The first-order valence-corrected chi connectivity index (χ1v) is 6.54. The smallest absolute Gasteiger partial charge is 0.0268 e. The van der Waals surface area contributed by atoms with Crippen LogP contribution in [0.15, 0.2) is 11.1 Å². The van der Waals surface area contributed by atoms with E-state index in [1.807, 2.05) is 0 Å². The molecule has 0 saturated heterocycles. The molecule has 1 nitrogen and oxygen atoms in total. The monoisotopic (exact) mass is 259 g/mol. The summed E-state index contributed by atoms with van der Waals surface area (Å²) < 4.78 is 1.05. The SMILES string of the molecule is C=C(Br)CNC(C)CCC1CCCC1. The van der Waals surface area contributed by atoms with Crippen LogP contribution in [0.5, 0.6) is 0 Å². The summed E-state index contributed by atoms with van der Waals surface area (Å²) in [5.41, 5.74) is 0. The Balaban J connectivity index is 2.02. The molecule has 14 heavy (non-hydrogen) atoms. The Morgan fingerprint density at radius 2 is 2.14 bits per heavy atom. The van der Waals surface area contributed by atoms with Gasteiger partial charge in [0.05, 0.1) is 0 Å². The predicted molar refractivity (Wildman–Crippen MR) is 66.7 cm³/mol. The highest BCUT2D eigenvalue weighted by atomic mass is 79.9. The van der Waals surface area contributed by atoms with Gasteiger partial charge < -0.3 is 5.32 Å². The lowest BCUT2D eigenvalue weighted by Crippen LogP contribution is -2.27. The van der Waals surface area contributed by atoms with Crippen molar-refractivity contribution in [1.29, 1.82) is 0 Å². The predicted octanol–water partition coefficient (Wildman–Crippen LogP) is 3.84. The second kappa shape index (κ2) is 6.62. The summed E-state index contributed by atoms with van der Waals surface area (Å²) in [4.78, 5) is 0. The summed E-state index contributed by atoms with van der Waals surface area (Å²) in [6, 6.07) is 0.630. The van der Waals surface area contributed by atoms with E-state index in [1.54, 1.807) is 0 Å². The van der Waals surface area contributed by atoms with Crippen LogP contribution < -0.4 is 5.32 Å². The molecule has 82 valence electrons. The Hall–Kier alpha value is 0.180. The van der Waals surface area contributed by atoms with E-state index in [1.165, 1.54) is 38.5 Å². The van der Waals surface area contributed by atoms with Gasteiger partial charge in [0.25, 0.3) is 0 Å². The molecule has 2 heteroatoms. The molecule has 1 aliphatic rings. The van der Waals surface area contributed by atoms with E-state index in [4.69, 9.17) is 0 Å². The first-order valence-electron chi connectivity index (χ1n) is 5.75. The molecular formula is C12H22BrN. The van der Waals surface area contributed by atoms with E-state index in [0.717, 1.165) is 16.9 Å². The van der Waals surface area contributed by atoms with Crippen LogP contribution in [0.25, 0.3) is 0 Å². The van der Waals surface area contributed by atoms with Gasteiger partial charge in [-0.1, -0.05) is 48.2 Å². The highest BCUT2D eigenvalue weighted by molar-refractivity contribution is 9.11.